The molecule has 0 aliphatic carbocycles. The summed E-state index contributed by atoms with van der Waals surface area (Å²) in [5, 5.41) is 0. The molecule has 0 saturated carbocycles. The van der Waals surface area contributed by atoms with Crippen molar-refractivity contribution in [1.82, 2.24) is 4.90 Å². The lowest BCUT2D eigenvalue weighted by atomic mass is 9.99. The molecule has 2 aromatic carbocycles. The zero-order chi connectivity index (χ0) is 19.2. The van der Waals surface area contributed by atoms with Gasteiger partial charge in [-0.05, 0) is 43.4 Å². The number of aryl methyl sites for hydroxylation is 1. The number of anilines is 1. The third-order valence-electron chi connectivity index (χ3n) is 5.30. The number of rotatable bonds is 6. The summed E-state index contributed by atoms with van der Waals surface area (Å²) in [5.41, 5.74) is 3.74. The minimum atomic E-state index is 0.258. The van der Waals surface area contributed by atoms with E-state index in [0.717, 1.165) is 38.2 Å². The number of likely N-dealkylation sites (tertiary alicyclic amines) is 1. The van der Waals surface area contributed by atoms with Gasteiger partial charge in [-0.25, -0.2) is 0 Å². The van der Waals surface area contributed by atoms with Crippen LogP contribution in [0.15, 0.2) is 54.6 Å². The first-order valence-corrected chi connectivity index (χ1v) is 10.2. The number of amides is 1. The van der Waals surface area contributed by atoms with Gasteiger partial charge in [-0.2, -0.15) is 0 Å². The Morgan fingerprint density at radius 3 is 2.41 bits per heavy atom. The number of hydrogen-bond acceptors (Lipinski definition) is 2. The molecule has 0 aromatic heterocycles. The van der Waals surface area contributed by atoms with Gasteiger partial charge in [-0.1, -0.05) is 61.9 Å². The highest BCUT2D eigenvalue weighted by Crippen LogP contribution is 2.26. The van der Waals surface area contributed by atoms with Gasteiger partial charge in [-0.3, -0.25) is 9.69 Å². The Morgan fingerprint density at radius 1 is 1.07 bits per heavy atom. The van der Waals surface area contributed by atoms with Crippen molar-refractivity contribution in [3.63, 3.8) is 0 Å². The first kappa shape index (κ1) is 19.6. The molecular formula is C24H32N2O. The molecular weight excluding hydrogens is 332 g/mol. The molecule has 3 heteroatoms. The lowest BCUT2D eigenvalue weighted by Gasteiger charge is -2.39. The van der Waals surface area contributed by atoms with Crippen LogP contribution in [0, 0.1) is 12.8 Å². The predicted octanol–water partition coefficient (Wildman–Crippen LogP) is 5.04. The van der Waals surface area contributed by atoms with Crippen LogP contribution in [0.5, 0.6) is 0 Å². The summed E-state index contributed by atoms with van der Waals surface area (Å²) >= 11 is 0. The first-order valence-electron chi connectivity index (χ1n) is 10.2. The summed E-state index contributed by atoms with van der Waals surface area (Å²) in [6.07, 6.45) is 2.67. The normalized spacial score (nSPS) is 15.9. The number of hydrogen-bond donors (Lipinski definition) is 0. The zero-order valence-corrected chi connectivity index (χ0v) is 16.9. The third kappa shape index (κ3) is 5.43. The van der Waals surface area contributed by atoms with Crippen LogP contribution in [-0.2, 0) is 11.3 Å². The van der Waals surface area contributed by atoms with E-state index in [-0.39, 0.29) is 5.91 Å². The van der Waals surface area contributed by atoms with Crippen LogP contribution in [0.2, 0.25) is 0 Å². The van der Waals surface area contributed by atoms with E-state index < -0.39 is 0 Å². The van der Waals surface area contributed by atoms with Gasteiger partial charge >= 0.3 is 0 Å². The fourth-order valence-electron chi connectivity index (χ4n) is 4.00. The highest BCUT2D eigenvalue weighted by atomic mass is 16.2. The lowest BCUT2D eigenvalue weighted by molar-refractivity contribution is -0.120. The van der Waals surface area contributed by atoms with Crippen molar-refractivity contribution in [2.45, 2.75) is 52.6 Å². The molecule has 27 heavy (non-hydrogen) atoms. The molecule has 0 spiro atoms. The Kier molecular flexibility index (Phi) is 6.68. The van der Waals surface area contributed by atoms with Gasteiger partial charge in [0, 0.05) is 37.8 Å². The van der Waals surface area contributed by atoms with Crippen molar-refractivity contribution in [3.05, 3.63) is 65.7 Å². The molecule has 1 amide bonds. The molecule has 1 fully saturated rings. The number of piperidine rings is 1. The summed E-state index contributed by atoms with van der Waals surface area (Å²) in [7, 11) is 0. The van der Waals surface area contributed by atoms with Crippen LogP contribution in [0.25, 0.3) is 0 Å². The van der Waals surface area contributed by atoms with Crippen molar-refractivity contribution < 1.29 is 4.79 Å². The fourth-order valence-corrected chi connectivity index (χ4v) is 4.00. The monoisotopic (exact) mass is 364 g/mol. The average Bonchev–Trinajstić information content (AvgIpc) is 2.64. The Bertz CT molecular complexity index is 733. The highest BCUT2D eigenvalue weighted by molar-refractivity contribution is 5.94. The molecule has 1 saturated heterocycles. The summed E-state index contributed by atoms with van der Waals surface area (Å²) in [6.45, 7) is 9.46. The number of carbonyl (C=O) groups is 1. The molecule has 144 valence electrons. The van der Waals surface area contributed by atoms with E-state index in [0.29, 0.717) is 18.4 Å². The van der Waals surface area contributed by atoms with Gasteiger partial charge in [0.2, 0.25) is 5.91 Å². The molecule has 0 radical (unpaired) electrons. The average molecular weight is 365 g/mol. The van der Waals surface area contributed by atoms with Crippen molar-refractivity contribution in [3.8, 4) is 0 Å². The zero-order valence-electron chi connectivity index (χ0n) is 16.9. The molecule has 1 aliphatic rings. The molecule has 3 rings (SSSR count). The molecule has 0 bridgehead atoms. The maximum atomic E-state index is 13.0. The second-order valence-corrected chi connectivity index (χ2v) is 8.19. The van der Waals surface area contributed by atoms with Gasteiger partial charge < -0.3 is 4.90 Å². The number of benzene rings is 2. The van der Waals surface area contributed by atoms with E-state index in [2.05, 4.69) is 67.0 Å². The predicted molar refractivity (Wildman–Crippen MR) is 113 cm³/mol. The maximum absolute atomic E-state index is 13.0. The Labute approximate surface area is 164 Å². The topological polar surface area (TPSA) is 23.6 Å². The van der Waals surface area contributed by atoms with Crippen LogP contribution in [0.4, 0.5) is 5.69 Å². The molecule has 2 aromatic rings. The smallest absolute Gasteiger partial charge is 0.227 e. The van der Waals surface area contributed by atoms with Crippen molar-refractivity contribution in [1.29, 1.82) is 0 Å². The van der Waals surface area contributed by atoms with Crippen LogP contribution in [-0.4, -0.2) is 29.9 Å². The quantitative estimate of drug-likeness (QED) is 0.717. The van der Waals surface area contributed by atoms with E-state index >= 15 is 0 Å². The van der Waals surface area contributed by atoms with Crippen LogP contribution >= 0.6 is 0 Å². The number of nitrogens with zero attached hydrogens (tertiary/aromatic N) is 2. The molecule has 3 nitrogen and oxygen atoms in total. The molecule has 0 unspecified atom stereocenters. The van der Waals surface area contributed by atoms with Gasteiger partial charge in [0.15, 0.2) is 0 Å². The minimum Gasteiger partial charge on any atom is -0.309 e. The van der Waals surface area contributed by atoms with Gasteiger partial charge in [0.25, 0.3) is 0 Å². The first-order chi connectivity index (χ1) is 13.0. The molecule has 0 N–H and O–H groups in total. The third-order valence-corrected chi connectivity index (χ3v) is 5.30. The molecule has 0 atom stereocenters. The Morgan fingerprint density at radius 2 is 1.78 bits per heavy atom. The van der Waals surface area contributed by atoms with Crippen LogP contribution in [0.3, 0.4) is 0 Å². The standard InChI is InChI=1S/C24H32N2O/c1-19(2)16-24(27)26(22-10-5-4-6-11-22)23-12-14-25(15-13-23)18-21-9-7-8-20(3)17-21/h4-11,17,19,23H,12-16,18H2,1-3H3. The van der Waals surface area contributed by atoms with E-state index in [4.69, 9.17) is 0 Å². The molecule has 1 heterocycles. The van der Waals surface area contributed by atoms with Crippen molar-refractivity contribution in [2.75, 3.05) is 18.0 Å². The largest absolute Gasteiger partial charge is 0.309 e. The second kappa shape index (κ2) is 9.18. The highest BCUT2D eigenvalue weighted by Gasteiger charge is 2.29. The van der Waals surface area contributed by atoms with Crippen LogP contribution in [0.1, 0.15) is 44.2 Å². The van der Waals surface area contributed by atoms with E-state index in [1.54, 1.807) is 0 Å². The van der Waals surface area contributed by atoms with E-state index in [1.807, 2.05) is 18.2 Å². The van der Waals surface area contributed by atoms with Crippen LogP contribution < -0.4 is 4.90 Å². The Balaban J connectivity index is 1.66. The second-order valence-electron chi connectivity index (χ2n) is 8.19. The fraction of sp³-hybridized carbons (Fsp3) is 0.458. The molecule has 1 aliphatic heterocycles. The number of carbonyl (C=O) groups excluding carboxylic acids is 1. The van der Waals surface area contributed by atoms with Crippen molar-refractivity contribution >= 4 is 11.6 Å². The van der Waals surface area contributed by atoms with Gasteiger partial charge in [0.05, 0.1) is 0 Å². The Hall–Kier alpha value is -2.13. The SMILES string of the molecule is Cc1cccc(CN2CCC(N(C(=O)CC(C)C)c3ccccc3)CC2)c1. The maximum Gasteiger partial charge on any atom is 0.227 e. The minimum absolute atomic E-state index is 0.258. The lowest BCUT2D eigenvalue weighted by Crippen LogP contribution is -2.47. The van der Waals surface area contributed by atoms with E-state index in [9.17, 15) is 4.79 Å². The van der Waals surface area contributed by atoms with Gasteiger partial charge in [-0.15, -0.1) is 0 Å². The van der Waals surface area contributed by atoms with Crippen molar-refractivity contribution in [2.24, 2.45) is 5.92 Å². The summed E-state index contributed by atoms with van der Waals surface area (Å²) in [4.78, 5) is 17.6. The van der Waals surface area contributed by atoms with Gasteiger partial charge in [0.1, 0.15) is 0 Å². The summed E-state index contributed by atoms with van der Waals surface area (Å²) < 4.78 is 0. The summed E-state index contributed by atoms with van der Waals surface area (Å²) in [5.74, 6) is 0.637. The number of para-hydroxylation sites is 1. The van der Waals surface area contributed by atoms with E-state index in [1.165, 1.54) is 11.1 Å². The summed E-state index contributed by atoms with van der Waals surface area (Å²) in [6, 6.07) is 19.3.